The first-order valence-corrected chi connectivity index (χ1v) is 11.9. The van der Waals surface area contributed by atoms with Gasteiger partial charge in [-0.3, -0.25) is 9.79 Å². The van der Waals surface area contributed by atoms with E-state index in [1.165, 1.54) is 0 Å². The van der Waals surface area contributed by atoms with Gasteiger partial charge in [0.1, 0.15) is 11.4 Å². The number of amides is 2. The highest BCUT2D eigenvalue weighted by molar-refractivity contribution is 8.25. The minimum atomic E-state index is -0.541. The fraction of sp³-hybridized carbons (Fsp3) is 0.571. The second kappa shape index (κ2) is 9.60. The molecule has 0 spiro atoms. The van der Waals surface area contributed by atoms with E-state index in [9.17, 15) is 9.59 Å². The van der Waals surface area contributed by atoms with E-state index < -0.39 is 5.60 Å². The molecule has 1 fully saturated rings. The summed E-state index contributed by atoms with van der Waals surface area (Å²) in [5, 5.41) is 0.600. The maximum absolute atomic E-state index is 13.3. The summed E-state index contributed by atoms with van der Waals surface area (Å²) in [6.07, 6.45) is -0.346. The van der Waals surface area contributed by atoms with Crippen molar-refractivity contribution >= 4 is 40.7 Å². The molecule has 2 heterocycles. The van der Waals surface area contributed by atoms with E-state index in [1.54, 1.807) is 40.4 Å². The molecule has 3 rings (SSSR count). The monoisotopic (exact) mass is 466 g/mol. The zero-order chi connectivity index (χ0) is 22.8. The molecule has 0 aliphatic carbocycles. The third kappa shape index (κ3) is 6.00. The summed E-state index contributed by atoms with van der Waals surface area (Å²) in [5.74, 6) is 0.452. The molecule has 0 bridgehead atoms. The Morgan fingerprint density at radius 1 is 1.19 bits per heavy atom. The van der Waals surface area contributed by atoms with E-state index in [0.717, 1.165) is 10.5 Å². The number of piperazine rings is 1. The first-order valence-electron chi connectivity index (χ1n) is 10.2. The van der Waals surface area contributed by atoms with Crippen molar-refractivity contribution in [1.29, 1.82) is 0 Å². The number of benzene rings is 1. The maximum atomic E-state index is 13.3. The van der Waals surface area contributed by atoms with Crippen molar-refractivity contribution < 1.29 is 19.1 Å². The van der Waals surface area contributed by atoms with E-state index >= 15 is 0 Å². The summed E-state index contributed by atoms with van der Waals surface area (Å²) >= 11 is 3.20. The Kier molecular flexibility index (Phi) is 7.31. The molecule has 10 heteroatoms. The fourth-order valence-electron chi connectivity index (χ4n) is 3.29. The number of carbonyl (C=O) groups is 2. The van der Waals surface area contributed by atoms with Crippen molar-refractivity contribution in [3.05, 3.63) is 23.3 Å². The molecule has 1 unspecified atom stereocenters. The van der Waals surface area contributed by atoms with Crippen LogP contribution in [0.2, 0.25) is 0 Å². The lowest BCUT2D eigenvalue weighted by atomic mass is 10.1. The summed E-state index contributed by atoms with van der Waals surface area (Å²) < 4.78 is 11.1. The highest BCUT2D eigenvalue weighted by Crippen LogP contribution is 2.38. The third-order valence-corrected chi connectivity index (χ3v) is 7.32. The van der Waals surface area contributed by atoms with Crippen LogP contribution in [0.1, 0.15) is 36.7 Å². The van der Waals surface area contributed by atoms with Gasteiger partial charge in [-0.05, 0) is 45.4 Å². The van der Waals surface area contributed by atoms with E-state index in [0.29, 0.717) is 49.2 Å². The Hall–Kier alpha value is -2.07. The number of rotatable bonds is 4. The Morgan fingerprint density at radius 3 is 2.39 bits per heavy atom. The number of thioether (sulfide) groups is 2. The standard InChI is InChI=1S/C21H30N4O4S2/c1-13-10-15(28-5)14(11-16(13)30-17-12-23-19(22)31-17)18(26)24-6-8-25(9-7-24)20(27)29-21(2,3)4/h10-11,17H,6-9,12H2,1-5H3,(H2,22,23). The number of ether oxygens (including phenoxy) is 2. The molecule has 2 N–H and O–H groups in total. The van der Waals surface area contributed by atoms with Gasteiger partial charge in [-0.25, -0.2) is 4.79 Å². The number of carbonyl (C=O) groups excluding carboxylic acids is 2. The smallest absolute Gasteiger partial charge is 0.410 e. The Bertz CT molecular complexity index is 877. The number of nitrogens with two attached hydrogens (primary N) is 1. The van der Waals surface area contributed by atoms with Crippen LogP contribution < -0.4 is 10.5 Å². The first kappa shape index (κ1) is 23.6. The van der Waals surface area contributed by atoms with Gasteiger partial charge in [-0.15, -0.1) is 11.8 Å². The molecule has 1 aromatic carbocycles. The number of aryl methyl sites for hydroxylation is 1. The normalized spacial score (nSPS) is 19.3. The number of methoxy groups -OCH3 is 1. The van der Waals surface area contributed by atoms with Crippen molar-refractivity contribution in [2.45, 2.75) is 42.8 Å². The van der Waals surface area contributed by atoms with E-state index in [1.807, 2.05) is 39.8 Å². The van der Waals surface area contributed by atoms with Gasteiger partial charge in [-0.2, -0.15) is 0 Å². The minimum Gasteiger partial charge on any atom is -0.496 e. The van der Waals surface area contributed by atoms with Gasteiger partial charge < -0.3 is 25.0 Å². The average Bonchev–Trinajstić information content (AvgIpc) is 3.12. The van der Waals surface area contributed by atoms with Crippen LogP contribution in [0.4, 0.5) is 4.79 Å². The Labute approximate surface area is 191 Å². The molecule has 0 aromatic heterocycles. The lowest BCUT2D eigenvalue weighted by molar-refractivity contribution is 0.0140. The molecule has 2 aliphatic heterocycles. The molecule has 0 saturated carbocycles. The van der Waals surface area contributed by atoms with Crippen molar-refractivity contribution in [2.24, 2.45) is 10.7 Å². The van der Waals surface area contributed by atoms with Gasteiger partial charge >= 0.3 is 6.09 Å². The van der Waals surface area contributed by atoms with Gasteiger partial charge in [0.05, 0.1) is 23.8 Å². The highest BCUT2D eigenvalue weighted by atomic mass is 32.2. The third-order valence-electron chi connectivity index (χ3n) is 4.85. The topological polar surface area (TPSA) is 97.5 Å². The van der Waals surface area contributed by atoms with Gasteiger partial charge in [0.15, 0.2) is 5.17 Å². The number of hydrogen-bond acceptors (Lipinski definition) is 8. The van der Waals surface area contributed by atoms with E-state index in [4.69, 9.17) is 15.2 Å². The molecule has 170 valence electrons. The molecular weight excluding hydrogens is 436 g/mol. The quantitative estimate of drug-likeness (QED) is 0.728. The molecule has 1 saturated heterocycles. The van der Waals surface area contributed by atoms with Crippen LogP contribution in [-0.2, 0) is 4.74 Å². The van der Waals surface area contributed by atoms with Gasteiger partial charge in [0, 0.05) is 31.1 Å². The average molecular weight is 467 g/mol. The van der Waals surface area contributed by atoms with Crippen LogP contribution in [0.15, 0.2) is 22.0 Å². The molecule has 0 radical (unpaired) electrons. The van der Waals surface area contributed by atoms with Crippen LogP contribution in [0.25, 0.3) is 0 Å². The second-order valence-corrected chi connectivity index (χ2v) is 11.2. The van der Waals surface area contributed by atoms with Gasteiger partial charge in [0.25, 0.3) is 5.91 Å². The predicted molar refractivity (Wildman–Crippen MR) is 125 cm³/mol. The lowest BCUT2D eigenvalue weighted by Crippen LogP contribution is -2.51. The fourth-order valence-corrected chi connectivity index (χ4v) is 5.52. The van der Waals surface area contributed by atoms with Gasteiger partial charge in [-0.1, -0.05) is 11.8 Å². The van der Waals surface area contributed by atoms with E-state index in [-0.39, 0.29) is 16.6 Å². The molecule has 8 nitrogen and oxygen atoms in total. The van der Waals surface area contributed by atoms with Crippen LogP contribution in [0.5, 0.6) is 5.75 Å². The maximum Gasteiger partial charge on any atom is 0.410 e. The summed E-state index contributed by atoms with van der Waals surface area (Å²) in [6.45, 7) is 9.95. The summed E-state index contributed by atoms with van der Waals surface area (Å²) in [7, 11) is 1.57. The predicted octanol–water partition coefficient (Wildman–Crippen LogP) is 3.18. The zero-order valence-electron chi connectivity index (χ0n) is 18.6. The largest absolute Gasteiger partial charge is 0.496 e. The second-order valence-electron chi connectivity index (χ2n) is 8.42. The number of nitrogens with zero attached hydrogens (tertiary/aromatic N) is 3. The molecule has 2 aliphatic rings. The van der Waals surface area contributed by atoms with Gasteiger partial charge in [0.2, 0.25) is 0 Å². The summed E-state index contributed by atoms with van der Waals surface area (Å²) in [6, 6.07) is 3.80. The van der Waals surface area contributed by atoms with Crippen LogP contribution in [0, 0.1) is 6.92 Å². The van der Waals surface area contributed by atoms with Crippen LogP contribution in [0.3, 0.4) is 0 Å². The molecule has 31 heavy (non-hydrogen) atoms. The Balaban J connectivity index is 1.69. The summed E-state index contributed by atoms with van der Waals surface area (Å²) in [5.41, 5.74) is 6.81. The molecule has 2 amide bonds. The zero-order valence-corrected chi connectivity index (χ0v) is 20.3. The Morgan fingerprint density at radius 2 is 1.84 bits per heavy atom. The lowest BCUT2D eigenvalue weighted by Gasteiger charge is -2.35. The number of amidine groups is 1. The molecule has 1 atom stereocenters. The highest BCUT2D eigenvalue weighted by Gasteiger charge is 2.30. The molecule has 1 aromatic rings. The van der Waals surface area contributed by atoms with Crippen LogP contribution in [-0.4, -0.2) is 77.0 Å². The van der Waals surface area contributed by atoms with Crippen molar-refractivity contribution in [1.82, 2.24) is 9.80 Å². The summed E-state index contributed by atoms with van der Waals surface area (Å²) in [4.78, 5) is 34.2. The number of hydrogen-bond donors (Lipinski definition) is 1. The first-order chi connectivity index (χ1) is 14.6. The SMILES string of the molecule is COc1cc(C)c(SC2CN=C(N)S2)cc1C(=O)N1CCN(C(=O)OC(C)(C)C)CC1. The van der Waals surface area contributed by atoms with E-state index in [2.05, 4.69) is 4.99 Å². The molecular formula is C21H30N4O4S2. The van der Waals surface area contributed by atoms with Crippen LogP contribution >= 0.6 is 23.5 Å². The van der Waals surface area contributed by atoms with Crippen molar-refractivity contribution in [2.75, 3.05) is 39.8 Å². The minimum absolute atomic E-state index is 0.0997. The number of aliphatic imine (C=N–C) groups is 1. The van der Waals surface area contributed by atoms with Crippen molar-refractivity contribution in [3.63, 3.8) is 0 Å². The van der Waals surface area contributed by atoms with Crippen molar-refractivity contribution in [3.8, 4) is 5.75 Å².